The molecule has 1 aliphatic heterocycles. The Bertz CT molecular complexity index is 230. The normalized spacial score (nSPS) is 18.2. The summed E-state index contributed by atoms with van der Waals surface area (Å²) < 4.78 is 5.32. The van der Waals surface area contributed by atoms with E-state index >= 15 is 0 Å². The van der Waals surface area contributed by atoms with E-state index in [1.807, 2.05) is 27.8 Å². The number of piperidine rings is 1. The number of amides is 1. The van der Waals surface area contributed by atoms with Gasteiger partial charge in [-0.05, 0) is 26.7 Å². The minimum absolute atomic E-state index is 0.206. The van der Waals surface area contributed by atoms with Crippen molar-refractivity contribution in [1.29, 1.82) is 0 Å². The van der Waals surface area contributed by atoms with E-state index in [0.29, 0.717) is 5.92 Å². The second-order valence-corrected chi connectivity index (χ2v) is 5.67. The van der Waals surface area contributed by atoms with E-state index < -0.39 is 5.60 Å². The fraction of sp³-hybridized carbons (Fsp3) is 0.917. The predicted molar refractivity (Wildman–Crippen MR) is 63.2 cm³/mol. The van der Waals surface area contributed by atoms with Crippen LogP contribution in [0.4, 0.5) is 4.79 Å². The summed E-state index contributed by atoms with van der Waals surface area (Å²) in [6, 6.07) is 0. The SMILES string of the molecule is CN(CC1CC[NH2+]CC1)C(=O)OC(C)(C)C. The Balaban J connectivity index is 2.33. The molecule has 1 aliphatic rings. The molecule has 1 saturated heterocycles. The van der Waals surface area contributed by atoms with Crippen LogP contribution < -0.4 is 5.32 Å². The van der Waals surface area contributed by atoms with Gasteiger partial charge in [0.1, 0.15) is 5.60 Å². The third kappa shape index (κ3) is 4.84. The van der Waals surface area contributed by atoms with Crippen molar-refractivity contribution in [2.24, 2.45) is 5.92 Å². The maximum Gasteiger partial charge on any atom is 0.410 e. The standard InChI is InChI=1S/C12H24N2O2/c1-12(2,3)16-11(15)14(4)9-10-5-7-13-8-6-10/h10,13H,5-9H2,1-4H3/p+1. The molecule has 0 aliphatic carbocycles. The number of quaternary nitrogens is 1. The molecule has 0 aromatic rings. The number of nitrogens with two attached hydrogens (primary N) is 1. The lowest BCUT2D eigenvalue weighted by Crippen LogP contribution is -2.86. The number of rotatable bonds is 2. The highest BCUT2D eigenvalue weighted by molar-refractivity contribution is 5.67. The highest BCUT2D eigenvalue weighted by Crippen LogP contribution is 2.13. The molecular weight excluding hydrogens is 204 g/mol. The van der Waals surface area contributed by atoms with Gasteiger partial charge < -0.3 is 15.0 Å². The molecule has 0 spiro atoms. The topological polar surface area (TPSA) is 46.2 Å². The molecule has 0 aromatic carbocycles. The second-order valence-electron chi connectivity index (χ2n) is 5.67. The monoisotopic (exact) mass is 229 g/mol. The molecule has 1 amide bonds. The number of carbonyl (C=O) groups excluding carboxylic acids is 1. The summed E-state index contributed by atoms with van der Waals surface area (Å²) in [4.78, 5) is 13.4. The van der Waals surface area contributed by atoms with Gasteiger partial charge in [0.2, 0.25) is 0 Å². The maximum atomic E-state index is 11.7. The van der Waals surface area contributed by atoms with E-state index in [1.165, 1.54) is 25.9 Å². The van der Waals surface area contributed by atoms with Crippen molar-refractivity contribution >= 4 is 6.09 Å². The first kappa shape index (κ1) is 13.3. The minimum Gasteiger partial charge on any atom is -0.444 e. The fourth-order valence-corrected chi connectivity index (χ4v) is 1.98. The first-order valence-electron chi connectivity index (χ1n) is 6.14. The molecule has 1 heterocycles. The maximum absolute atomic E-state index is 11.7. The zero-order valence-corrected chi connectivity index (χ0v) is 11.0. The first-order valence-corrected chi connectivity index (χ1v) is 6.14. The van der Waals surface area contributed by atoms with Crippen molar-refractivity contribution in [1.82, 2.24) is 4.90 Å². The zero-order chi connectivity index (χ0) is 12.2. The van der Waals surface area contributed by atoms with E-state index in [9.17, 15) is 4.79 Å². The van der Waals surface area contributed by atoms with E-state index in [1.54, 1.807) is 4.90 Å². The summed E-state index contributed by atoms with van der Waals surface area (Å²) >= 11 is 0. The van der Waals surface area contributed by atoms with Gasteiger partial charge in [0.15, 0.2) is 0 Å². The quantitative estimate of drug-likeness (QED) is 0.762. The number of nitrogens with zero attached hydrogens (tertiary/aromatic N) is 1. The lowest BCUT2D eigenvalue weighted by atomic mass is 9.98. The van der Waals surface area contributed by atoms with Gasteiger partial charge in [-0.25, -0.2) is 4.79 Å². The lowest BCUT2D eigenvalue weighted by Gasteiger charge is -2.28. The molecule has 4 heteroatoms. The Hall–Kier alpha value is -0.770. The van der Waals surface area contributed by atoms with Crippen molar-refractivity contribution in [2.45, 2.75) is 39.2 Å². The van der Waals surface area contributed by atoms with Crippen LogP contribution >= 0.6 is 0 Å². The van der Waals surface area contributed by atoms with Gasteiger partial charge in [-0.1, -0.05) is 0 Å². The molecular formula is C12H25N2O2+. The van der Waals surface area contributed by atoms with Crippen LogP contribution in [0.3, 0.4) is 0 Å². The molecule has 1 fully saturated rings. The average Bonchev–Trinajstić information content (AvgIpc) is 2.16. The van der Waals surface area contributed by atoms with E-state index in [4.69, 9.17) is 4.74 Å². The summed E-state index contributed by atoms with van der Waals surface area (Å²) in [5.74, 6) is 0.641. The van der Waals surface area contributed by atoms with E-state index in [0.717, 1.165) is 6.54 Å². The highest BCUT2D eigenvalue weighted by Gasteiger charge is 2.23. The van der Waals surface area contributed by atoms with Crippen LogP contribution in [0.15, 0.2) is 0 Å². The first-order chi connectivity index (χ1) is 7.38. The molecule has 0 atom stereocenters. The number of ether oxygens (including phenoxy) is 1. The largest absolute Gasteiger partial charge is 0.444 e. The fourth-order valence-electron chi connectivity index (χ4n) is 1.98. The molecule has 4 nitrogen and oxygen atoms in total. The summed E-state index contributed by atoms with van der Waals surface area (Å²) in [5, 5.41) is 2.34. The van der Waals surface area contributed by atoms with Crippen molar-refractivity contribution in [2.75, 3.05) is 26.7 Å². The van der Waals surface area contributed by atoms with Crippen LogP contribution in [0.1, 0.15) is 33.6 Å². The van der Waals surface area contributed by atoms with E-state index in [-0.39, 0.29) is 6.09 Å². The van der Waals surface area contributed by atoms with Gasteiger partial charge in [0.25, 0.3) is 0 Å². The number of carbonyl (C=O) groups is 1. The van der Waals surface area contributed by atoms with Gasteiger partial charge in [0.05, 0.1) is 13.1 Å². The highest BCUT2D eigenvalue weighted by atomic mass is 16.6. The molecule has 2 N–H and O–H groups in total. The average molecular weight is 229 g/mol. The van der Waals surface area contributed by atoms with Gasteiger partial charge in [-0.2, -0.15) is 0 Å². The summed E-state index contributed by atoms with van der Waals surface area (Å²) in [7, 11) is 1.83. The Morgan fingerprint density at radius 3 is 2.44 bits per heavy atom. The Morgan fingerprint density at radius 2 is 1.94 bits per heavy atom. The minimum atomic E-state index is -0.397. The summed E-state index contributed by atoms with van der Waals surface area (Å²) in [6.45, 7) is 8.89. The van der Waals surface area contributed by atoms with E-state index in [2.05, 4.69) is 5.32 Å². The van der Waals surface area contributed by atoms with Gasteiger partial charge >= 0.3 is 6.09 Å². The van der Waals surface area contributed by atoms with Crippen LogP contribution in [0.25, 0.3) is 0 Å². The molecule has 1 rings (SSSR count). The molecule has 16 heavy (non-hydrogen) atoms. The molecule has 0 saturated carbocycles. The molecule has 0 bridgehead atoms. The van der Waals surface area contributed by atoms with Crippen LogP contribution in [-0.4, -0.2) is 43.3 Å². The van der Waals surface area contributed by atoms with Gasteiger partial charge in [-0.3, -0.25) is 0 Å². The van der Waals surface area contributed by atoms with Gasteiger partial charge in [0, 0.05) is 26.4 Å². The third-order valence-corrected chi connectivity index (χ3v) is 2.80. The second kappa shape index (κ2) is 5.53. The zero-order valence-electron chi connectivity index (χ0n) is 11.0. The third-order valence-electron chi connectivity index (χ3n) is 2.80. The smallest absolute Gasteiger partial charge is 0.410 e. The molecule has 0 unspecified atom stereocenters. The van der Waals surface area contributed by atoms with Crippen LogP contribution in [-0.2, 0) is 4.74 Å². The summed E-state index contributed by atoms with van der Waals surface area (Å²) in [5.41, 5.74) is -0.397. The Kier molecular flexibility index (Phi) is 4.59. The van der Waals surface area contributed by atoms with Crippen molar-refractivity contribution in [3.05, 3.63) is 0 Å². The number of hydrogen-bond donors (Lipinski definition) is 1. The number of hydrogen-bond acceptors (Lipinski definition) is 2. The molecule has 94 valence electrons. The Labute approximate surface area is 98.3 Å². The molecule has 0 radical (unpaired) electrons. The van der Waals surface area contributed by atoms with Crippen molar-refractivity contribution in [3.8, 4) is 0 Å². The predicted octanol–water partition coefficient (Wildman–Crippen LogP) is 0.827. The Morgan fingerprint density at radius 1 is 1.38 bits per heavy atom. The lowest BCUT2D eigenvalue weighted by molar-refractivity contribution is -0.664. The van der Waals surface area contributed by atoms with Gasteiger partial charge in [-0.15, -0.1) is 0 Å². The van der Waals surface area contributed by atoms with Crippen LogP contribution in [0.2, 0.25) is 0 Å². The van der Waals surface area contributed by atoms with Crippen LogP contribution in [0, 0.1) is 5.92 Å². The summed E-state index contributed by atoms with van der Waals surface area (Å²) in [6.07, 6.45) is 2.20. The van der Waals surface area contributed by atoms with Crippen molar-refractivity contribution < 1.29 is 14.8 Å². The van der Waals surface area contributed by atoms with Crippen molar-refractivity contribution in [3.63, 3.8) is 0 Å². The molecule has 0 aromatic heterocycles. The van der Waals surface area contributed by atoms with Crippen LogP contribution in [0.5, 0.6) is 0 Å².